The lowest BCUT2D eigenvalue weighted by Crippen LogP contribution is -2.30. The highest BCUT2D eigenvalue weighted by atomic mass is 32.1. The number of aromatic nitrogens is 3. The highest BCUT2D eigenvalue weighted by molar-refractivity contribution is 7.80. The standard InChI is InChI=1S/C28H28N6OS/c1-18(2)27(35)31-22-12-11-20(16-19(22)3)34-26(25(32-28(34)36)23-9-4-5-14-30-23)24-10-7-15-33(24)21-8-6-13-29-17-21/h4-18,25-26H,1-3H3,(H,31,35)(H,32,36)/t25-,26-/m1/s1. The fourth-order valence-corrected chi connectivity index (χ4v) is 4.86. The summed E-state index contributed by atoms with van der Waals surface area (Å²) in [4.78, 5) is 23.4. The van der Waals surface area contributed by atoms with Gasteiger partial charge in [-0.1, -0.05) is 19.9 Å². The van der Waals surface area contributed by atoms with E-state index in [0.717, 1.165) is 34.0 Å². The number of nitrogens with one attached hydrogen (secondary N) is 2. The number of benzene rings is 1. The topological polar surface area (TPSA) is 75.1 Å². The van der Waals surface area contributed by atoms with Crippen LogP contribution in [0.4, 0.5) is 11.4 Å². The third kappa shape index (κ3) is 4.47. The number of thiocarbonyl (C=S) groups is 1. The lowest BCUT2D eigenvalue weighted by Gasteiger charge is -2.29. The molecule has 4 aromatic rings. The van der Waals surface area contributed by atoms with Crippen LogP contribution < -0.4 is 15.5 Å². The van der Waals surface area contributed by atoms with Gasteiger partial charge in [-0.05, 0) is 79.3 Å². The van der Waals surface area contributed by atoms with E-state index >= 15 is 0 Å². The quantitative estimate of drug-likeness (QED) is 0.351. The number of anilines is 2. The average Bonchev–Trinajstić information content (AvgIpc) is 3.50. The molecule has 0 bridgehead atoms. The summed E-state index contributed by atoms with van der Waals surface area (Å²) in [5, 5.41) is 7.15. The van der Waals surface area contributed by atoms with Crippen LogP contribution in [-0.2, 0) is 4.79 Å². The number of carbonyl (C=O) groups excluding carboxylic acids is 1. The molecular formula is C28H28N6OS. The Kier molecular flexibility index (Phi) is 6.52. The van der Waals surface area contributed by atoms with Crippen molar-refractivity contribution in [3.63, 3.8) is 0 Å². The molecule has 36 heavy (non-hydrogen) atoms. The molecule has 1 amide bonds. The first kappa shape index (κ1) is 23.7. The number of hydrogen-bond acceptors (Lipinski definition) is 4. The zero-order chi connectivity index (χ0) is 25.2. The number of pyridine rings is 2. The molecule has 182 valence electrons. The number of nitrogens with zero attached hydrogens (tertiary/aromatic N) is 4. The van der Waals surface area contributed by atoms with Crippen LogP contribution in [0.2, 0.25) is 0 Å². The Morgan fingerprint density at radius 2 is 1.92 bits per heavy atom. The van der Waals surface area contributed by atoms with E-state index in [1.165, 1.54) is 0 Å². The van der Waals surface area contributed by atoms with Crippen molar-refractivity contribution < 1.29 is 4.79 Å². The van der Waals surface area contributed by atoms with Gasteiger partial charge < -0.3 is 20.1 Å². The third-order valence-electron chi connectivity index (χ3n) is 6.38. The summed E-state index contributed by atoms with van der Waals surface area (Å²) in [6, 6.07) is 19.7. The van der Waals surface area contributed by atoms with Crippen LogP contribution in [-0.4, -0.2) is 25.6 Å². The highest BCUT2D eigenvalue weighted by Gasteiger charge is 2.42. The molecule has 1 saturated heterocycles. The van der Waals surface area contributed by atoms with Crippen LogP contribution in [0.3, 0.4) is 0 Å². The van der Waals surface area contributed by atoms with Crippen LogP contribution in [0, 0.1) is 12.8 Å². The van der Waals surface area contributed by atoms with Gasteiger partial charge in [0.1, 0.15) is 6.04 Å². The normalized spacial score (nSPS) is 17.3. The van der Waals surface area contributed by atoms with Gasteiger partial charge >= 0.3 is 0 Å². The third-order valence-corrected chi connectivity index (χ3v) is 6.69. The van der Waals surface area contributed by atoms with E-state index in [0.29, 0.717) is 5.11 Å². The van der Waals surface area contributed by atoms with E-state index in [2.05, 4.69) is 42.2 Å². The first-order valence-electron chi connectivity index (χ1n) is 11.9. The zero-order valence-electron chi connectivity index (χ0n) is 20.4. The van der Waals surface area contributed by atoms with Crippen molar-refractivity contribution in [1.29, 1.82) is 0 Å². The summed E-state index contributed by atoms with van der Waals surface area (Å²) in [5.74, 6) is -0.102. The number of amides is 1. The molecule has 4 heterocycles. The SMILES string of the molecule is Cc1cc(N2C(=S)N[C@H](c3ccccn3)[C@H]2c2cccn2-c2cccnc2)ccc1NC(=O)C(C)C. The molecule has 1 aliphatic rings. The van der Waals surface area contributed by atoms with Gasteiger partial charge in [0, 0.05) is 41.6 Å². The monoisotopic (exact) mass is 496 g/mol. The molecule has 1 aromatic carbocycles. The Balaban J connectivity index is 1.59. The maximum absolute atomic E-state index is 12.3. The second-order valence-electron chi connectivity index (χ2n) is 9.15. The van der Waals surface area contributed by atoms with Gasteiger partial charge in [-0.3, -0.25) is 14.8 Å². The highest BCUT2D eigenvalue weighted by Crippen LogP contribution is 2.42. The molecule has 3 aromatic heterocycles. The second-order valence-corrected chi connectivity index (χ2v) is 9.54. The predicted octanol–water partition coefficient (Wildman–Crippen LogP) is 5.35. The fraction of sp³-hybridized carbons (Fsp3) is 0.214. The van der Waals surface area contributed by atoms with Gasteiger partial charge in [0.15, 0.2) is 5.11 Å². The molecule has 2 atom stereocenters. The van der Waals surface area contributed by atoms with Crippen molar-refractivity contribution in [2.24, 2.45) is 5.92 Å². The van der Waals surface area contributed by atoms with Crippen LogP contribution in [0.5, 0.6) is 0 Å². The van der Waals surface area contributed by atoms with Crippen molar-refractivity contribution in [1.82, 2.24) is 19.9 Å². The maximum Gasteiger partial charge on any atom is 0.226 e. The lowest BCUT2D eigenvalue weighted by atomic mass is 10.0. The first-order valence-corrected chi connectivity index (χ1v) is 12.3. The van der Waals surface area contributed by atoms with Gasteiger partial charge in [0.25, 0.3) is 0 Å². The minimum absolute atomic E-state index is 0.00778. The lowest BCUT2D eigenvalue weighted by molar-refractivity contribution is -0.118. The fourth-order valence-electron chi connectivity index (χ4n) is 4.51. The minimum atomic E-state index is -0.168. The summed E-state index contributed by atoms with van der Waals surface area (Å²) in [6.07, 6.45) is 7.46. The number of rotatable bonds is 6. The van der Waals surface area contributed by atoms with Crippen LogP contribution in [0.1, 0.15) is 42.9 Å². The Morgan fingerprint density at radius 3 is 2.61 bits per heavy atom. The molecule has 1 fully saturated rings. The van der Waals surface area contributed by atoms with Gasteiger partial charge in [0.05, 0.1) is 23.6 Å². The largest absolute Gasteiger partial charge is 0.351 e. The molecule has 5 rings (SSSR count). The van der Waals surface area contributed by atoms with Crippen molar-refractivity contribution in [2.45, 2.75) is 32.9 Å². The van der Waals surface area contributed by atoms with Gasteiger partial charge in [0.2, 0.25) is 5.91 Å². The summed E-state index contributed by atoms with van der Waals surface area (Å²) < 4.78 is 2.14. The van der Waals surface area contributed by atoms with Gasteiger partial charge in [-0.2, -0.15) is 0 Å². The second kappa shape index (κ2) is 9.91. The molecule has 0 saturated carbocycles. The molecule has 2 N–H and O–H groups in total. The molecule has 8 heteroatoms. The van der Waals surface area contributed by atoms with Crippen LogP contribution in [0.15, 0.2) is 85.5 Å². The van der Waals surface area contributed by atoms with Gasteiger partial charge in [-0.15, -0.1) is 0 Å². The van der Waals surface area contributed by atoms with E-state index in [1.807, 2.05) is 81.7 Å². The number of hydrogen-bond donors (Lipinski definition) is 2. The number of carbonyl (C=O) groups is 1. The van der Waals surface area contributed by atoms with E-state index < -0.39 is 0 Å². The van der Waals surface area contributed by atoms with E-state index in [-0.39, 0.29) is 23.9 Å². The summed E-state index contributed by atoms with van der Waals surface area (Å²) >= 11 is 5.89. The average molecular weight is 497 g/mol. The van der Waals surface area contributed by atoms with Gasteiger partial charge in [-0.25, -0.2) is 0 Å². The predicted molar refractivity (Wildman–Crippen MR) is 146 cm³/mol. The molecule has 0 spiro atoms. The van der Waals surface area contributed by atoms with E-state index in [4.69, 9.17) is 12.2 Å². The molecule has 1 aliphatic heterocycles. The summed E-state index contributed by atoms with van der Waals surface area (Å²) in [7, 11) is 0. The maximum atomic E-state index is 12.3. The molecule has 7 nitrogen and oxygen atoms in total. The first-order chi connectivity index (χ1) is 17.4. The van der Waals surface area contributed by atoms with E-state index in [9.17, 15) is 4.79 Å². The smallest absolute Gasteiger partial charge is 0.226 e. The van der Waals surface area contributed by atoms with Crippen molar-refractivity contribution in [3.8, 4) is 5.69 Å². The summed E-state index contributed by atoms with van der Waals surface area (Å²) in [5.41, 5.74) is 5.64. The molecular weight excluding hydrogens is 468 g/mol. The van der Waals surface area contributed by atoms with Crippen LogP contribution in [0.25, 0.3) is 5.69 Å². The number of aryl methyl sites for hydroxylation is 1. The van der Waals surface area contributed by atoms with Crippen LogP contribution >= 0.6 is 12.2 Å². The Hall–Kier alpha value is -4.04. The van der Waals surface area contributed by atoms with E-state index in [1.54, 1.807) is 12.4 Å². The summed E-state index contributed by atoms with van der Waals surface area (Å²) in [6.45, 7) is 5.76. The molecule has 0 aliphatic carbocycles. The zero-order valence-corrected chi connectivity index (χ0v) is 21.2. The Labute approximate surface area is 216 Å². The molecule has 0 radical (unpaired) electrons. The molecule has 0 unspecified atom stereocenters. The van der Waals surface area contributed by atoms with Crippen molar-refractivity contribution >= 4 is 34.6 Å². The minimum Gasteiger partial charge on any atom is -0.351 e. The van der Waals surface area contributed by atoms with Crippen molar-refractivity contribution in [3.05, 3.63) is 102 Å². The Morgan fingerprint density at radius 1 is 1.06 bits per heavy atom. The van der Waals surface area contributed by atoms with Crippen molar-refractivity contribution in [2.75, 3.05) is 10.2 Å². The Bertz CT molecular complexity index is 1390.